The van der Waals surface area contributed by atoms with Crippen LogP contribution in [0, 0.1) is 0 Å². The lowest BCUT2D eigenvalue weighted by molar-refractivity contribution is 0.184. The Morgan fingerprint density at radius 3 is 1.06 bits per heavy atom. The van der Waals surface area contributed by atoms with Gasteiger partial charge in [-0.2, -0.15) is 0 Å². The molecule has 0 aliphatic rings. The molecule has 0 spiro atoms. The van der Waals surface area contributed by atoms with Gasteiger partial charge in [-0.25, -0.2) is 17.8 Å². The maximum absolute atomic E-state index is 11.8. The summed E-state index contributed by atoms with van der Waals surface area (Å²) in [6.45, 7) is 0.919. The standard InChI is InChI=1S/C5H15O9P3/c1-9-16(7,10-2)13-15(5,6)14-17(8,11-3)12-4/h1-5H3. The van der Waals surface area contributed by atoms with Gasteiger partial charge in [0.2, 0.25) is 0 Å². The molecule has 0 saturated heterocycles. The van der Waals surface area contributed by atoms with Crippen LogP contribution in [-0.2, 0) is 40.4 Å². The van der Waals surface area contributed by atoms with Gasteiger partial charge in [0.1, 0.15) is 0 Å². The summed E-state index contributed by atoms with van der Waals surface area (Å²) in [5.41, 5.74) is 0. The van der Waals surface area contributed by atoms with E-state index >= 15 is 0 Å². The fourth-order valence-corrected chi connectivity index (χ4v) is 5.32. The van der Waals surface area contributed by atoms with Crippen molar-refractivity contribution in [2.24, 2.45) is 0 Å². The van der Waals surface area contributed by atoms with Gasteiger partial charge in [0.05, 0.1) is 0 Å². The molecule has 0 atom stereocenters. The molecule has 104 valence electrons. The second-order valence-corrected chi connectivity index (χ2v) is 8.66. The summed E-state index contributed by atoms with van der Waals surface area (Å²) in [4.78, 5) is 0. The molecular weight excluding hydrogens is 297 g/mol. The van der Waals surface area contributed by atoms with Crippen molar-refractivity contribution in [1.29, 1.82) is 0 Å². The number of hydrogen-bond donors (Lipinski definition) is 0. The Morgan fingerprint density at radius 2 is 0.882 bits per heavy atom. The van der Waals surface area contributed by atoms with Crippen LogP contribution >= 0.6 is 23.2 Å². The van der Waals surface area contributed by atoms with Gasteiger partial charge in [0, 0.05) is 35.1 Å². The fraction of sp³-hybridized carbons (Fsp3) is 1.00. The summed E-state index contributed by atoms with van der Waals surface area (Å²) < 4.78 is 61.5. The largest absolute Gasteiger partial charge is 0.481 e. The monoisotopic (exact) mass is 312 g/mol. The average Bonchev–Trinajstić information content (AvgIpc) is 2.27. The quantitative estimate of drug-likeness (QED) is 0.625. The van der Waals surface area contributed by atoms with E-state index in [9.17, 15) is 13.7 Å². The third kappa shape index (κ3) is 5.75. The molecule has 0 aromatic carbocycles. The fourth-order valence-electron chi connectivity index (χ4n) is 0.661. The van der Waals surface area contributed by atoms with Gasteiger partial charge >= 0.3 is 23.2 Å². The smallest absolute Gasteiger partial charge is 0.290 e. The Kier molecular flexibility index (Phi) is 6.74. The van der Waals surface area contributed by atoms with Crippen molar-refractivity contribution in [3.8, 4) is 0 Å². The first kappa shape index (κ1) is 17.4. The van der Waals surface area contributed by atoms with Crippen LogP contribution < -0.4 is 0 Å². The molecule has 9 nitrogen and oxygen atoms in total. The van der Waals surface area contributed by atoms with E-state index in [0.29, 0.717) is 0 Å². The van der Waals surface area contributed by atoms with Gasteiger partial charge in [-0.3, -0.25) is 22.7 Å². The van der Waals surface area contributed by atoms with Crippen molar-refractivity contribution >= 4 is 23.2 Å². The molecule has 0 aliphatic heterocycles. The highest BCUT2D eigenvalue weighted by Gasteiger charge is 2.40. The Balaban J connectivity index is 4.88. The maximum Gasteiger partial charge on any atom is 0.481 e. The van der Waals surface area contributed by atoms with E-state index in [-0.39, 0.29) is 0 Å². The lowest BCUT2D eigenvalue weighted by Crippen LogP contribution is -1.98. The van der Waals surface area contributed by atoms with E-state index in [4.69, 9.17) is 0 Å². The molecule has 0 rings (SSSR count). The van der Waals surface area contributed by atoms with Crippen LogP contribution in [0.2, 0.25) is 0 Å². The first-order chi connectivity index (χ1) is 7.66. The Labute approximate surface area is 99.4 Å². The molecule has 12 heteroatoms. The summed E-state index contributed by atoms with van der Waals surface area (Å²) in [6, 6.07) is 0. The normalized spacial score (nSPS) is 13.9. The number of phosphoric ester groups is 2. The minimum atomic E-state index is -4.03. The van der Waals surface area contributed by atoms with Gasteiger partial charge in [-0.15, -0.1) is 0 Å². The molecular formula is C5H15O9P3. The van der Waals surface area contributed by atoms with Gasteiger partial charge < -0.3 is 0 Å². The molecule has 0 N–H and O–H groups in total. The topological polar surface area (TPSA) is 107 Å². The van der Waals surface area contributed by atoms with Gasteiger partial charge in [0.25, 0.3) is 0 Å². The Bertz CT molecular complexity index is 331. The lowest BCUT2D eigenvalue weighted by atomic mass is 11.8. The van der Waals surface area contributed by atoms with E-state index in [1.807, 2.05) is 0 Å². The second kappa shape index (κ2) is 6.57. The van der Waals surface area contributed by atoms with Crippen molar-refractivity contribution in [3.05, 3.63) is 0 Å². The SMILES string of the molecule is COP(=O)(OC)OP(C)(=O)OP(=O)(OC)OC. The van der Waals surface area contributed by atoms with Crippen molar-refractivity contribution in [1.82, 2.24) is 0 Å². The van der Waals surface area contributed by atoms with Gasteiger partial charge in [-0.05, 0) is 0 Å². The Morgan fingerprint density at radius 1 is 0.647 bits per heavy atom. The summed E-state index contributed by atoms with van der Waals surface area (Å²) in [5, 5.41) is 0. The Hall–Kier alpha value is 0.450. The zero-order valence-electron chi connectivity index (χ0n) is 10.0. The minimum Gasteiger partial charge on any atom is -0.290 e. The van der Waals surface area contributed by atoms with Crippen LogP contribution in [0.25, 0.3) is 0 Å². The van der Waals surface area contributed by atoms with Crippen LogP contribution in [0.3, 0.4) is 0 Å². The van der Waals surface area contributed by atoms with E-state index in [0.717, 1.165) is 35.1 Å². The summed E-state index contributed by atoms with van der Waals surface area (Å²) in [5.74, 6) is 0. The molecule has 0 amide bonds. The van der Waals surface area contributed by atoms with Crippen molar-refractivity contribution in [3.63, 3.8) is 0 Å². The predicted octanol–water partition coefficient (Wildman–Crippen LogP) is 2.64. The van der Waals surface area contributed by atoms with Crippen LogP contribution in [-0.4, -0.2) is 35.1 Å². The molecule has 0 unspecified atom stereocenters. The molecule has 0 bridgehead atoms. The lowest BCUT2D eigenvalue weighted by Gasteiger charge is -2.21. The molecule has 0 radical (unpaired) electrons. The molecule has 0 aliphatic carbocycles. The number of hydrogen-bond acceptors (Lipinski definition) is 9. The number of rotatable bonds is 8. The van der Waals surface area contributed by atoms with E-state index in [2.05, 4.69) is 26.7 Å². The molecule has 0 saturated carbocycles. The third-order valence-corrected chi connectivity index (χ3v) is 7.15. The van der Waals surface area contributed by atoms with Crippen LogP contribution in [0.15, 0.2) is 0 Å². The summed E-state index contributed by atoms with van der Waals surface area (Å²) in [7, 11) is -7.99. The predicted molar refractivity (Wildman–Crippen MR) is 58.9 cm³/mol. The summed E-state index contributed by atoms with van der Waals surface area (Å²) >= 11 is 0. The molecule has 0 aromatic heterocycles. The highest BCUT2D eigenvalue weighted by atomic mass is 31.3. The van der Waals surface area contributed by atoms with Crippen molar-refractivity contribution in [2.75, 3.05) is 35.1 Å². The van der Waals surface area contributed by atoms with Gasteiger partial charge in [0.15, 0.2) is 0 Å². The minimum absolute atomic E-state index is 0.919. The van der Waals surface area contributed by atoms with E-state index < -0.39 is 23.2 Å². The first-order valence-electron chi connectivity index (χ1n) is 4.09. The van der Waals surface area contributed by atoms with Crippen molar-refractivity contribution < 1.29 is 40.4 Å². The second-order valence-electron chi connectivity index (χ2n) is 2.56. The highest BCUT2D eigenvalue weighted by Crippen LogP contribution is 2.70. The highest BCUT2D eigenvalue weighted by molar-refractivity contribution is 7.70. The zero-order valence-corrected chi connectivity index (χ0v) is 12.7. The van der Waals surface area contributed by atoms with Crippen LogP contribution in [0.1, 0.15) is 0 Å². The van der Waals surface area contributed by atoms with E-state index in [1.165, 1.54) is 0 Å². The van der Waals surface area contributed by atoms with E-state index in [1.54, 1.807) is 0 Å². The third-order valence-electron chi connectivity index (χ3n) is 1.39. The van der Waals surface area contributed by atoms with Crippen LogP contribution in [0.5, 0.6) is 0 Å². The summed E-state index contributed by atoms with van der Waals surface area (Å²) in [6.07, 6.45) is 0. The number of phosphoric acid groups is 2. The molecule has 0 fully saturated rings. The van der Waals surface area contributed by atoms with Crippen molar-refractivity contribution in [2.45, 2.75) is 0 Å². The molecule has 17 heavy (non-hydrogen) atoms. The van der Waals surface area contributed by atoms with Gasteiger partial charge in [-0.1, -0.05) is 0 Å². The first-order valence-corrected chi connectivity index (χ1v) is 9.00. The molecule has 0 aromatic rings. The average molecular weight is 312 g/mol. The molecule has 0 heterocycles. The van der Waals surface area contributed by atoms with Crippen LogP contribution in [0.4, 0.5) is 0 Å². The maximum atomic E-state index is 11.8. The zero-order chi connectivity index (χ0) is 13.7.